The maximum Gasteiger partial charge on any atom is 0.194 e. The van der Waals surface area contributed by atoms with E-state index in [1.54, 1.807) is 17.6 Å². The summed E-state index contributed by atoms with van der Waals surface area (Å²) in [5, 5.41) is 18.1. The Morgan fingerprint density at radius 2 is 2.10 bits per heavy atom. The minimum atomic E-state index is 0.512. The number of hydrogen-bond donors (Lipinski definition) is 1. The van der Waals surface area contributed by atoms with Gasteiger partial charge in [0.2, 0.25) is 0 Å². The Morgan fingerprint density at radius 3 is 2.77 bits per heavy atom. The number of thiophene rings is 1. The SMILES string of the molecule is Cc1nnc(CN=C(NCCc2cccs2)N2CCN(Cc3ccon3)CC2)n1C. The highest BCUT2D eigenvalue weighted by molar-refractivity contribution is 7.09. The first-order chi connectivity index (χ1) is 14.7. The van der Waals surface area contributed by atoms with Crippen molar-refractivity contribution in [2.45, 2.75) is 26.4 Å². The van der Waals surface area contributed by atoms with Gasteiger partial charge in [0, 0.05) is 57.3 Å². The van der Waals surface area contributed by atoms with Crippen LogP contribution in [0.4, 0.5) is 0 Å². The second kappa shape index (κ2) is 9.86. The number of aliphatic imine (C=N–C) groups is 1. The number of aryl methyl sites for hydroxylation is 1. The number of aromatic nitrogens is 4. The van der Waals surface area contributed by atoms with Crippen LogP contribution in [0.1, 0.15) is 22.2 Å². The van der Waals surface area contributed by atoms with E-state index in [0.717, 1.165) is 69.0 Å². The van der Waals surface area contributed by atoms with Crippen molar-refractivity contribution in [2.24, 2.45) is 12.0 Å². The summed E-state index contributed by atoms with van der Waals surface area (Å²) in [6, 6.07) is 6.20. The van der Waals surface area contributed by atoms with E-state index in [9.17, 15) is 0 Å². The molecule has 160 valence electrons. The van der Waals surface area contributed by atoms with Gasteiger partial charge in [0.25, 0.3) is 0 Å². The van der Waals surface area contributed by atoms with E-state index in [0.29, 0.717) is 6.54 Å². The van der Waals surface area contributed by atoms with Crippen molar-refractivity contribution >= 4 is 17.3 Å². The van der Waals surface area contributed by atoms with Crippen LogP contribution in [0.15, 0.2) is 39.4 Å². The van der Waals surface area contributed by atoms with Gasteiger partial charge in [0.1, 0.15) is 18.6 Å². The maximum absolute atomic E-state index is 4.95. The van der Waals surface area contributed by atoms with Crippen molar-refractivity contribution in [1.82, 2.24) is 35.0 Å². The third-order valence-electron chi connectivity index (χ3n) is 5.34. The maximum atomic E-state index is 4.95. The minimum absolute atomic E-state index is 0.512. The summed E-state index contributed by atoms with van der Waals surface area (Å²) >= 11 is 1.79. The van der Waals surface area contributed by atoms with Gasteiger partial charge < -0.3 is 19.3 Å². The molecule has 0 radical (unpaired) electrons. The van der Waals surface area contributed by atoms with Crippen molar-refractivity contribution in [3.05, 3.63) is 52.1 Å². The predicted molar refractivity (Wildman–Crippen MR) is 116 cm³/mol. The summed E-state index contributed by atoms with van der Waals surface area (Å²) in [6.07, 6.45) is 2.62. The zero-order valence-corrected chi connectivity index (χ0v) is 18.3. The molecule has 1 fully saturated rings. The molecule has 1 aliphatic heterocycles. The molecule has 9 nitrogen and oxygen atoms in total. The van der Waals surface area contributed by atoms with Crippen molar-refractivity contribution in [3.63, 3.8) is 0 Å². The van der Waals surface area contributed by atoms with Gasteiger partial charge in [-0.3, -0.25) is 4.90 Å². The van der Waals surface area contributed by atoms with Crippen LogP contribution in [0.3, 0.4) is 0 Å². The molecule has 0 saturated carbocycles. The van der Waals surface area contributed by atoms with Gasteiger partial charge in [-0.2, -0.15) is 0 Å². The lowest BCUT2D eigenvalue weighted by atomic mass is 10.3. The van der Waals surface area contributed by atoms with Gasteiger partial charge in [-0.15, -0.1) is 21.5 Å². The minimum Gasteiger partial charge on any atom is -0.364 e. The molecule has 1 saturated heterocycles. The first-order valence-electron chi connectivity index (χ1n) is 10.2. The molecule has 30 heavy (non-hydrogen) atoms. The quantitative estimate of drug-likeness (QED) is 0.452. The van der Waals surface area contributed by atoms with Crippen molar-refractivity contribution in [2.75, 3.05) is 32.7 Å². The van der Waals surface area contributed by atoms with Crippen LogP contribution in [-0.4, -0.2) is 68.4 Å². The molecule has 0 unspecified atom stereocenters. The fourth-order valence-electron chi connectivity index (χ4n) is 3.42. The van der Waals surface area contributed by atoms with Gasteiger partial charge >= 0.3 is 0 Å². The molecule has 1 N–H and O–H groups in total. The van der Waals surface area contributed by atoms with Gasteiger partial charge in [0.05, 0.1) is 5.69 Å². The average Bonchev–Trinajstić information content (AvgIpc) is 3.51. The van der Waals surface area contributed by atoms with Crippen molar-refractivity contribution in [1.29, 1.82) is 0 Å². The highest BCUT2D eigenvalue weighted by Crippen LogP contribution is 2.10. The number of guanidine groups is 1. The van der Waals surface area contributed by atoms with E-state index in [1.807, 2.05) is 24.6 Å². The van der Waals surface area contributed by atoms with Gasteiger partial charge in [-0.05, 0) is 24.8 Å². The molecular formula is C20H28N8OS. The lowest BCUT2D eigenvalue weighted by Crippen LogP contribution is -2.52. The average molecular weight is 429 g/mol. The van der Waals surface area contributed by atoms with E-state index in [2.05, 4.69) is 48.0 Å². The Bertz CT molecular complexity index is 926. The molecule has 0 bridgehead atoms. The highest BCUT2D eigenvalue weighted by Gasteiger charge is 2.20. The number of nitrogens with one attached hydrogen (secondary N) is 1. The monoisotopic (exact) mass is 428 g/mol. The number of nitrogens with zero attached hydrogens (tertiary/aromatic N) is 7. The van der Waals surface area contributed by atoms with E-state index in [-0.39, 0.29) is 0 Å². The van der Waals surface area contributed by atoms with Crippen molar-refractivity contribution < 1.29 is 4.52 Å². The highest BCUT2D eigenvalue weighted by atomic mass is 32.1. The summed E-state index contributed by atoms with van der Waals surface area (Å²) in [7, 11) is 1.98. The van der Waals surface area contributed by atoms with E-state index < -0.39 is 0 Å². The first kappa shape index (κ1) is 20.5. The zero-order chi connectivity index (χ0) is 20.8. The van der Waals surface area contributed by atoms with Crippen LogP contribution < -0.4 is 5.32 Å². The van der Waals surface area contributed by atoms with Crippen LogP contribution in [0.5, 0.6) is 0 Å². The fourth-order valence-corrected chi connectivity index (χ4v) is 4.13. The first-order valence-corrected chi connectivity index (χ1v) is 11.1. The molecule has 0 amide bonds. The Balaban J connectivity index is 1.37. The van der Waals surface area contributed by atoms with Crippen LogP contribution in [-0.2, 0) is 26.6 Å². The molecule has 10 heteroatoms. The Hall–Kier alpha value is -2.72. The molecule has 3 aromatic rings. The van der Waals surface area contributed by atoms with Crippen LogP contribution in [0, 0.1) is 6.92 Å². The molecule has 3 aromatic heterocycles. The Labute approximate surface area is 180 Å². The second-order valence-electron chi connectivity index (χ2n) is 7.37. The second-order valence-corrected chi connectivity index (χ2v) is 8.40. The third kappa shape index (κ3) is 5.25. The van der Waals surface area contributed by atoms with Crippen LogP contribution in [0.2, 0.25) is 0 Å². The van der Waals surface area contributed by atoms with Gasteiger partial charge in [-0.1, -0.05) is 11.2 Å². The number of piperazine rings is 1. The lowest BCUT2D eigenvalue weighted by Gasteiger charge is -2.36. The van der Waals surface area contributed by atoms with E-state index >= 15 is 0 Å². The molecule has 0 spiro atoms. The molecule has 4 rings (SSSR count). The standard InChI is InChI=1S/C20H28N8OS/c1-16-23-24-19(26(16)2)14-22-20(21-7-5-18-4-3-13-30-18)28-10-8-27(9-11-28)15-17-6-12-29-25-17/h3-4,6,12-13H,5,7-11,14-15H2,1-2H3,(H,21,22). The molecule has 0 aliphatic carbocycles. The molecule has 0 aromatic carbocycles. The molecular weight excluding hydrogens is 400 g/mol. The summed E-state index contributed by atoms with van der Waals surface area (Å²) in [5.74, 6) is 2.71. The lowest BCUT2D eigenvalue weighted by molar-refractivity contribution is 0.169. The van der Waals surface area contributed by atoms with Crippen LogP contribution >= 0.6 is 11.3 Å². The third-order valence-corrected chi connectivity index (χ3v) is 6.27. The molecule has 4 heterocycles. The smallest absolute Gasteiger partial charge is 0.194 e. The fraction of sp³-hybridized carbons (Fsp3) is 0.500. The number of rotatable bonds is 7. The topological polar surface area (TPSA) is 87.6 Å². The molecule has 0 atom stereocenters. The van der Waals surface area contributed by atoms with E-state index in [4.69, 9.17) is 9.52 Å². The summed E-state index contributed by atoms with van der Waals surface area (Å²) in [5.41, 5.74) is 0.976. The Kier molecular flexibility index (Phi) is 6.75. The summed E-state index contributed by atoms with van der Waals surface area (Å²) in [4.78, 5) is 11.0. The van der Waals surface area contributed by atoms with Gasteiger partial charge in [0.15, 0.2) is 11.8 Å². The van der Waals surface area contributed by atoms with Crippen LogP contribution in [0.25, 0.3) is 0 Å². The van der Waals surface area contributed by atoms with E-state index in [1.165, 1.54) is 4.88 Å². The summed E-state index contributed by atoms with van der Waals surface area (Å²) in [6.45, 7) is 7.90. The molecule has 1 aliphatic rings. The van der Waals surface area contributed by atoms with Gasteiger partial charge in [-0.25, -0.2) is 4.99 Å². The largest absolute Gasteiger partial charge is 0.364 e. The number of hydrogen-bond acceptors (Lipinski definition) is 7. The predicted octanol–water partition coefficient (Wildman–Crippen LogP) is 1.68. The summed E-state index contributed by atoms with van der Waals surface area (Å²) < 4.78 is 6.94. The zero-order valence-electron chi connectivity index (χ0n) is 17.5. The van der Waals surface area contributed by atoms with Crippen molar-refractivity contribution in [3.8, 4) is 0 Å². The normalized spacial score (nSPS) is 15.7. The Morgan fingerprint density at radius 1 is 1.23 bits per heavy atom.